The normalized spacial score (nSPS) is 11.8. The average molecular weight is 285 g/mol. The van der Waals surface area contributed by atoms with Gasteiger partial charge in [-0.1, -0.05) is 24.9 Å². The highest BCUT2D eigenvalue weighted by Gasteiger charge is 2.27. The fourth-order valence-electron chi connectivity index (χ4n) is 1.49. The Balaban J connectivity index is 3.16. The van der Waals surface area contributed by atoms with Crippen LogP contribution in [0.25, 0.3) is 0 Å². The maximum atomic E-state index is 12.1. The molecule has 1 N–H and O–H groups in total. The molecule has 1 aromatic heterocycles. The predicted molar refractivity (Wildman–Crippen MR) is 61.0 cm³/mol. The number of hydrogen-bond acceptors (Lipinski definition) is 2. The van der Waals surface area contributed by atoms with Gasteiger partial charge in [-0.25, -0.2) is 4.79 Å². The summed E-state index contributed by atoms with van der Waals surface area (Å²) in [5.74, 6) is 0. The number of halogens is 4. The first-order chi connectivity index (χ1) is 8.26. The van der Waals surface area contributed by atoms with E-state index >= 15 is 0 Å². The monoisotopic (exact) mass is 284 g/mol. The Kier molecular flexibility index (Phi) is 4.61. The molecule has 0 radical (unpaired) electrons. The minimum Gasteiger partial charge on any atom is -0.297 e. The molecule has 0 saturated heterocycles. The predicted octanol–water partition coefficient (Wildman–Crippen LogP) is 2.09. The fourth-order valence-corrected chi connectivity index (χ4v) is 1.75. The van der Waals surface area contributed by atoms with Gasteiger partial charge in [-0.2, -0.15) is 13.2 Å². The molecule has 0 atom stereocenters. The molecule has 8 heteroatoms. The Morgan fingerprint density at radius 3 is 2.44 bits per heavy atom. The van der Waals surface area contributed by atoms with Crippen LogP contribution >= 0.6 is 11.6 Å². The van der Waals surface area contributed by atoms with Gasteiger partial charge in [0, 0.05) is 6.54 Å². The van der Waals surface area contributed by atoms with E-state index in [0.29, 0.717) is 17.4 Å². The van der Waals surface area contributed by atoms with Gasteiger partial charge in [0.1, 0.15) is 5.15 Å². The van der Waals surface area contributed by atoms with E-state index in [1.54, 1.807) is 6.92 Å². The van der Waals surface area contributed by atoms with Gasteiger partial charge in [0.25, 0.3) is 5.56 Å². The summed E-state index contributed by atoms with van der Waals surface area (Å²) >= 11 is 5.68. The van der Waals surface area contributed by atoms with Gasteiger partial charge in [-0.3, -0.25) is 14.3 Å². The summed E-state index contributed by atoms with van der Waals surface area (Å²) in [6.07, 6.45) is -4.75. The van der Waals surface area contributed by atoms with E-state index in [4.69, 9.17) is 11.6 Å². The Morgan fingerprint density at radius 1 is 1.33 bits per heavy atom. The molecule has 0 bridgehead atoms. The van der Waals surface area contributed by atoms with E-state index < -0.39 is 30.4 Å². The van der Waals surface area contributed by atoms with E-state index in [2.05, 4.69) is 4.98 Å². The molecule has 102 valence electrons. The zero-order valence-corrected chi connectivity index (χ0v) is 10.4. The number of nitrogens with one attached hydrogen (secondary N) is 1. The van der Waals surface area contributed by atoms with Crippen molar-refractivity contribution in [2.24, 2.45) is 0 Å². The van der Waals surface area contributed by atoms with Crippen molar-refractivity contribution in [1.82, 2.24) is 9.55 Å². The zero-order chi connectivity index (χ0) is 13.9. The molecule has 18 heavy (non-hydrogen) atoms. The van der Waals surface area contributed by atoms with Gasteiger partial charge >= 0.3 is 11.9 Å². The van der Waals surface area contributed by atoms with E-state index in [9.17, 15) is 22.8 Å². The Labute approximate surface area is 105 Å². The topological polar surface area (TPSA) is 54.9 Å². The molecule has 0 saturated carbocycles. The van der Waals surface area contributed by atoms with Crippen molar-refractivity contribution in [2.75, 3.05) is 0 Å². The largest absolute Gasteiger partial charge is 0.390 e. The van der Waals surface area contributed by atoms with Gasteiger partial charge in [-0.05, 0) is 6.42 Å². The number of rotatable bonds is 4. The van der Waals surface area contributed by atoms with Crippen LogP contribution < -0.4 is 11.2 Å². The van der Waals surface area contributed by atoms with Crippen LogP contribution in [-0.4, -0.2) is 15.7 Å². The van der Waals surface area contributed by atoms with Crippen molar-refractivity contribution in [1.29, 1.82) is 0 Å². The lowest BCUT2D eigenvalue weighted by atomic mass is 10.2. The summed E-state index contributed by atoms with van der Waals surface area (Å²) in [7, 11) is 0. The summed E-state index contributed by atoms with van der Waals surface area (Å²) < 4.78 is 36.8. The molecule has 0 aliphatic rings. The van der Waals surface area contributed by atoms with Crippen LogP contribution in [0.15, 0.2) is 9.59 Å². The summed E-state index contributed by atoms with van der Waals surface area (Å²) in [4.78, 5) is 25.4. The Bertz CT molecular complexity index is 533. The third-order valence-electron chi connectivity index (χ3n) is 2.35. The zero-order valence-electron chi connectivity index (χ0n) is 9.60. The third kappa shape index (κ3) is 3.63. The first kappa shape index (κ1) is 14.8. The maximum absolute atomic E-state index is 12.1. The standard InChI is InChI=1S/C10H12ClF3N2O2/c1-2-3-6-7(11)15-9(18)16(8(6)17)5-4-10(12,13)14/h2-5H2,1H3,(H,15,18). The molecule has 0 aliphatic heterocycles. The van der Waals surface area contributed by atoms with E-state index in [1.807, 2.05) is 0 Å². The van der Waals surface area contributed by atoms with Crippen LogP contribution in [0.4, 0.5) is 13.2 Å². The highest BCUT2D eigenvalue weighted by Crippen LogP contribution is 2.19. The van der Waals surface area contributed by atoms with Gasteiger partial charge in [0.05, 0.1) is 12.0 Å². The van der Waals surface area contributed by atoms with Gasteiger partial charge in [0.2, 0.25) is 0 Å². The molecular formula is C10H12ClF3N2O2. The third-order valence-corrected chi connectivity index (χ3v) is 2.67. The van der Waals surface area contributed by atoms with Crippen molar-refractivity contribution < 1.29 is 13.2 Å². The summed E-state index contributed by atoms with van der Waals surface area (Å²) in [6, 6.07) is 0. The second-order valence-corrected chi connectivity index (χ2v) is 4.17. The molecule has 1 aromatic rings. The van der Waals surface area contributed by atoms with Gasteiger partial charge in [-0.15, -0.1) is 0 Å². The number of aromatic amines is 1. The quantitative estimate of drug-likeness (QED) is 0.861. The van der Waals surface area contributed by atoms with Gasteiger partial charge in [0.15, 0.2) is 0 Å². The van der Waals surface area contributed by atoms with Crippen molar-refractivity contribution >= 4 is 11.6 Å². The average Bonchev–Trinajstić information content (AvgIpc) is 2.22. The smallest absolute Gasteiger partial charge is 0.297 e. The van der Waals surface area contributed by atoms with Crippen LogP contribution in [0.1, 0.15) is 25.3 Å². The molecule has 0 unspecified atom stereocenters. The highest BCUT2D eigenvalue weighted by molar-refractivity contribution is 6.30. The lowest BCUT2D eigenvalue weighted by Crippen LogP contribution is -2.38. The number of nitrogens with zero attached hydrogens (tertiary/aromatic N) is 1. The minimum absolute atomic E-state index is 0.102. The molecule has 0 aliphatic carbocycles. The van der Waals surface area contributed by atoms with Crippen LogP contribution in [-0.2, 0) is 13.0 Å². The molecule has 4 nitrogen and oxygen atoms in total. The summed E-state index contributed by atoms with van der Waals surface area (Å²) in [5.41, 5.74) is -1.54. The second kappa shape index (κ2) is 5.60. The van der Waals surface area contributed by atoms with Crippen molar-refractivity contribution in [3.8, 4) is 0 Å². The Hall–Kier alpha value is -1.24. The second-order valence-electron chi connectivity index (χ2n) is 3.79. The maximum Gasteiger partial charge on any atom is 0.390 e. The summed E-state index contributed by atoms with van der Waals surface area (Å²) in [5, 5.41) is -0.102. The molecule has 0 fully saturated rings. The molecular weight excluding hydrogens is 273 g/mol. The van der Waals surface area contributed by atoms with Crippen LogP contribution in [0.2, 0.25) is 5.15 Å². The van der Waals surface area contributed by atoms with E-state index in [1.165, 1.54) is 0 Å². The first-order valence-corrected chi connectivity index (χ1v) is 5.72. The number of alkyl halides is 3. The fraction of sp³-hybridized carbons (Fsp3) is 0.600. The summed E-state index contributed by atoms with van der Waals surface area (Å²) in [6.45, 7) is 1.09. The first-order valence-electron chi connectivity index (χ1n) is 5.34. The van der Waals surface area contributed by atoms with E-state index in [0.717, 1.165) is 0 Å². The lowest BCUT2D eigenvalue weighted by molar-refractivity contribution is -0.137. The van der Waals surface area contributed by atoms with Crippen molar-refractivity contribution in [3.05, 3.63) is 31.6 Å². The van der Waals surface area contributed by atoms with Gasteiger partial charge < -0.3 is 0 Å². The SMILES string of the molecule is CCCc1c(Cl)[nH]c(=O)n(CCC(F)(F)F)c1=O. The molecule has 0 aromatic carbocycles. The Morgan fingerprint density at radius 2 is 1.94 bits per heavy atom. The van der Waals surface area contributed by atoms with Crippen LogP contribution in [0.5, 0.6) is 0 Å². The molecule has 1 heterocycles. The molecule has 1 rings (SSSR count). The molecule has 0 spiro atoms. The van der Waals surface area contributed by atoms with Crippen molar-refractivity contribution in [3.63, 3.8) is 0 Å². The number of H-pyrrole nitrogens is 1. The van der Waals surface area contributed by atoms with Crippen LogP contribution in [0.3, 0.4) is 0 Å². The minimum atomic E-state index is -4.42. The number of aromatic nitrogens is 2. The highest BCUT2D eigenvalue weighted by atomic mass is 35.5. The lowest BCUT2D eigenvalue weighted by Gasteiger charge is -2.10. The number of hydrogen-bond donors (Lipinski definition) is 1. The molecule has 0 amide bonds. The van der Waals surface area contributed by atoms with Crippen molar-refractivity contribution in [2.45, 2.75) is 38.9 Å². The van der Waals surface area contributed by atoms with E-state index in [-0.39, 0.29) is 10.7 Å². The van der Waals surface area contributed by atoms with Crippen LogP contribution in [0, 0.1) is 0 Å².